The molecule has 1 aliphatic heterocycles. The maximum absolute atomic E-state index is 11.8. The van der Waals surface area contributed by atoms with Gasteiger partial charge in [0.15, 0.2) is 0 Å². The molecule has 16 heavy (non-hydrogen) atoms. The summed E-state index contributed by atoms with van der Waals surface area (Å²) in [5.41, 5.74) is 1.01. The van der Waals surface area contributed by atoms with Crippen molar-refractivity contribution in [1.29, 1.82) is 0 Å². The Morgan fingerprint density at radius 1 is 1.19 bits per heavy atom. The van der Waals surface area contributed by atoms with Gasteiger partial charge in [0.25, 0.3) is 11.8 Å². The zero-order chi connectivity index (χ0) is 11.7. The molecule has 1 heterocycles. The largest absolute Gasteiger partial charge is 0.449 e. The number of nitrogens with zero attached hydrogens (tertiary/aromatic N) is 1. The minimum Gasteiger partial charge on any atom is -0.449 e. The first kappa shape index (κ1) is 10.9. The molecule has 0 unspecified atom stereocenters. The number of rotatable bonds is 1. The molecular weight excluding hydrogens is 210 g/mol. The smallest absolute Gasteiger partial charge is 0.424 e. The first-order valence-electron chi connectivity index (χ1n) is 5.44. The van der Waals surface area contributed by atoms with Gasteiger partial charge in [-0.3, -0.25) is 9.59 Å². The molecule has 86 valence electrons. The Kier molecular flexibility index (Phi) is 2.77. The van der Waals surface area contributed by atoms with Crippen LogP contribution in [0.5, 0.6) is 0 Å². The number of ether oxygens (including phenoxy) is 1. The van der Waals surface area contributed by atoms with Crippen molar-refractivity contribution in [1.82, 2.24) is 4.90 Å². The minimum atomic E-state index is -0.855. The first-order valence-corrected chi connectivity index (χ1v) is 5.44. The summed E-state index contributed by atoms with van der Waals surface area (Å²) < 4.78 is 4.69. The van der Waals surface area contributed by atoms with Crippen LogP contribution >= 0.6 is 0 Å². The lowest BCUT2D eigenvalue weighted by atomic mass is 9.93. The average molecular weight is 223 g/mol. The summed E-state index contributed by atoms with van der Waals surface area (Å²) in [7, 11) is 0. The van der Waals surface area contributed by atoms with Crippen LogP contribution in [-0.2, 0) is 14.3 Å². The Bertz CT molecular complexity index is 369. The quantitative estimate of drug-likeness (QED) is 0.630. The van der Waals surface area contributed by atoms with Crippen molar-refractivity contribution in [3.8, 4) is 0 Å². The summed E-state index contributed by atoms with van der Waals surface area (Å²) in [5, 5.41) is 0. The molecule has 0 saturated heterocycles. The Morgan fingerprint density at radius 2 is 1.69 bits per heavy atom. The Morgan fingerprint density at radius 3 is 2.12 bits per heavy atom. The number of hydrogen-bond acceptors (Lipinski definition) is 4. The van der Waals surface area contributed by atoms with Crippen LogP contribution in [0.1, 0.15) is 32.6 Å². The Balaban J connectivity index is 2.25. The van der Waals surface area contributed by atoms with Crippen molar-refractivity contribution < 1.29 is 19.1 Å². The van der Waals surface area contributed by atoms with Crippen molar-refractivity contribution >= 4 is 17.9 Å². The van der Waals surface area contributed by atoms with Crippen molar-refractivity contribution in [2.75, 3.05) is 6.61 Å². The number of imide groups is 3. The standard InChI is InChI=1S/C11H13NO4/c1-2-16-11(15)12-9(13)7-5-3-4-6-8(7)10(12)14/h2-6H2,1H3. The SMILES string of the molecule is CCOC(=O)N1C(=O)C2=C(CCCC2)C1=O. The van der Waals surface area contributed by atoms with Crippen LogP contribution in [0.4, 0.5) is 4.79 Å². The molecule has 0 N–H and O–H groups in total. The predicted octanol–water partition coefficient (Wildman–Crippen LogP) is 1.38. The molecule has 5 heteroatoms. The van der Waals surface area contributed by atoms with Crippen molar-refractivity contribution in [2.24, 2.45) is 0 Å². The molecule has 0 bridgehead atoms. The van der Waals surface area contributed by atoms with E-state index in [1.54, 1.807) is 6.92 Å². The van der Waals surface area contributed by atoms with E-state index in [4.69, 9.17) is 4.74 Å². The van der Waals surface area contributed by atoms with Crippen molar-refractivity contribution in [3.63, 3.8) is 0 Å². The monoisotopic (exact) mass is 223 g/mol. The summed E-state index contributed by atoms with van der Waals surface area (Å²) in [6.45, 7) is 1.79. The van der Waals surface area contributed by atoms with Crippen LogP contribution in [0, 0.1) is 0 Å². The van der Waals surface area contributed by atoms with Crippen molar-refractivity contribution in [3.05, 3.63) is 11.1 Å². The van der Waals surface area contributed by atoms with Gasteiger partial charge in [0.1, 0.15) is 0 Å². The predicted molar refractivity (Wildman–Crippen MR) is 54.4 cm³/mol. The fourth-order valence-corrected chi connectivity index (χ4v) is 2.09. The maximum Gasteiger partial charge on any atom is 0.424 e. The fourth-order valence-electron chi connectivity index (χ4n) is 2.09. The zero-order valence-corrected chi connectivity index (χ0v) is 9.12. The average Bonchev–Trinajstić information content (AvgIpc) is 2.53. The third kappa shape index (κ3) is 1.52. The summed E-state index contributed by atoms with van der Waals surface area (Å²) in [6.07, 6.45) is 2.13. The van der Waals surface area contributed by atoms with E-state index in [0.717, 1.165) is 12.8 Å². The van der Waals surface area contributed by atoms with E-state index in [9.17, 15) is 14.4 Å². The van der Waals surface area contributed by atoms with Crippen LogP contribution < -0.4 is 0 Å². The third-order valence-corrected chi connectivity index (χ3v) is 2.84. The van der Waals surface area contributed by atoms with Crippen LogP contribution in [0.2, 0.25) is 0 Å². The van der Waals surface area contributed by atoms with E-state index < -0.39 is 17.9 Å². The molecule has 0 fully saturated rings. The highest BCUT2D eigenvalue weighted by Crippen LogP contribution is 2.33. The number of carbonyl (C=O) groups is 3. The highest BCUT2D eigenvalue weighted by molar-refractivity contribution is 6.26. The topological polar surface area (TPSA) is 63.7 Å². The highest BCUT2D eigenvalue weighted by Gasteiger charge is 2.43. The number of carbonyl (C=O) groups excluding carboxylic acids is 3. The molecule has 0 radical (unpaired) electrons. The van der Waals surface area contributed by atoms with Gasteiger partial charge in [-0.2, -0.15) is 4.90 Å². The molecule has 2 rings (SSSR count). The molecular formula is C11H13NO4. The second-order valence-electron chi connectivity index (χ2n) is 3.81. The lowest BCUT2D eigenvalue weighted by molar-refractivity contribution is -0.135. The van der Waals surface area contributed by atoms with E-state index in [1.165, 1.54) is 0 Å². The van der Waals surface area contributed by atoms with Gasteiger partial charge >= 0.3 is 6.09 Å². The van der Waals surface area contributed by atoms with Gasteiger partial charge < -0.3 is 4.74 Å². The van der Waals surface area contributed by atoms with Crippen molar-refractivity contribution in [2.45, 2.75) is 32.6 Å². The maximum atomic E-state index is 11.8. The molecule has 0 aromatic carbocycles. The van der Waals surface area contributed by atoms with Crippen LogP contribution in [-0.4, -0.2) is 29.4 Å². The molecule has 3 amide bonds. The Labute approximate surface area is 93.0 Å². The van der Waals surface area contributed by atoms with E-state index in [-0.39, 0.29) is 6.61 Å². The van der Waals surface area contributed by atoms with Gasteiger partial charge in [0.2, 0.25) is 0 Å². The molecule has 2 aliphatic rings. The van der Waals surface area contributed by atoms with Crippen LogP contribution in [0.3, 0.4) is 0 Å². The first-order chi connectivity index (χ1) is 7.66. The van der Waals surface area contributed by atoms with Gasteiger partial charge in [-0.25, -0.2) is 4.79 Å². The summed E-state index contributed by atoms with van der Waals surface area (Å²) >= 11 is 0. The van der Waals surface area contributed by atoms with Gasteiger partial charge in [-0.1, -0.05) is 0 Å². The summed E-state index contributed by atoms with van der Waals surface area (Å²) in [4.78, 5) is 35.7. The van der Waals surface area contributed by atoms with E-state index in [2.05, 4.69) is 0 Å². The zero-order valence-electron chi connectivity index (χ0n) is 9.12. The molecule has 0 spiro atoms. The molecule has 0 atom stereocenters. The minimum absolute atomic E-state index is 0.153. The van der Waals surface area contributed by atoms with Gasteiger partial charge in [0.05, 0.1) is 6.61 Å². The molecule has 0 saturated carbocycles. The highest BCUT2D eigenvalue weighted by atomic mass is 16.6. The number of amides is 3. The summed E-state index contributed by atoms with van der Waals surface area (Å²) in [6, 6.07) is 0. The van der Waals surface area contributed by atoms with Gasteiger partial charge in [-0.15, -0.1) is 0 Å². The number of hydrogen-bond donors (Lipinski definition) is 0. The van der Waals surface area contributed by atoms with E-state index in [1.807, 2.05) is 0 Å². The molecule has 1 aliphatic carbocycles. The summed E-state index contributed by atoms with van der Waals surface area (Å²) in [5.74, 6) is -0.976. The molecule has 5 nitrogen and oxygen atoms in total. The third-order valence-electron chi connectivity index (χ3n) is 2.84. The lowest BCUT2D eigenvalue weighted by Crippen LogP contribution is -2.38. The van der Waals surface area contributed by atoms with Gasteiger partial charge in [0, 0.05) is 11.1 Å². The van der Waals surface area contributed by atoms with E-state index in [0.29, 0.717) is 28.9 Å². The second-order valence-corrected chi connectivity index (χ2v) is 3.81. The van der Waals surface area contributed by atoms with Crippen LogP contribution in [0.25, 0.3) is 0 Å². The normalized spacial score (nSPS) is 20.2. The Hall–Kier alpha value is -1.65. The lowest BCUT2D eigenvalue weighted by Gasteiger charge is -2.11. The second kappa shape index (κ2) is 4.08. The fraction of sp³-hybridized carbons (Fsp3) is 0.545. The van der Waals surface area contributed by atoms with Crippen LogP contribution in [0.15, 0.2) is 11.1 Å². The van der Waals surface area contributed by atoms with Gasteiger partial charge in [-0.05, 0) is 32.6 Å². The molecule has 0 aromatic rings. The van der Waals surface area contributed by atoms with E-state index >= 15 is 0 Å². The molecule has 0 aromatic heterocycles.